The Bertz CT molecular complexity index is 1090. The molecular formula is C27H34N4O5. The lowest BCUT2D eigenvalue weighted by atomic mass is 9.83. The number of piperazine rings is 1. The Kier molecular flexibility index (Phi) is 7.29. The van der Waals surface area contributed by atoms with E-state index in [2.05, 4.69) is 27.2 Å². The lowest BCUT2D eigenvalue weighted by Crippen LogP contribution is -2.61. The molecule has 0 spiro atoms. The van der Waals surface area contributed by atoms with Gasteiger partial charge in [0.25, 0.3) is 0 Å². The summed E-state index contributed by atoms with van der Waals surface area (Å²) in [6.45, 7) is 4.98. The first-order valence-electron chi connectivity index (χ1n) is 12.5. The predicted molar refractivity (Wildman–Crippen MR) is 137 cm³/mol. The Morgan fingerprint density at radius 1 is 0.972 bits per heavy atom. The van der Waals surface area contributed by atoms with Gasteiger partial charge in [0.15, 0.2) is 0 Å². The number of amides is 2. The van der Waals surface area contributed by atoms with Crippen molar-refractivity contribution in [3.63, 3.8) is 0 Å². The molecule has 0 saturated carbocycles. The molecule has 0 radical (unpaired) electrons. The molecule has 2 saturated heterocycles. The van der Waals surface area contributed by atoms with Crippen molar-refractivity contribution < 1.29 is 23.8 Å². The van der Waals surface area contributed by atoms with Gasteiger partial charge in [-0.3, -0.25) is 14.5 Å². The van der Waals surface area contributed by atoms with E-state index in [-0.39, 0.29) is 23.8 Å². The molecule has 0 bridgehead atoms. The smallest absolute Gasteiger partial charge is 0.236 e. The second-order valence-corrected chi connectivity index (χ2v) is 9.51. The Hall–Kier alpha value is -3.30. The molecule has 0 aromatic heterocycles. The number of carbonyl (C=O) groups is 2. The maximum absolute atomic E-state index is 13.6. The number of methoxy groups -OCH3 is 2. The molecule has 36 heavy (non-hydrogen) atoms. The highest BCUT2D eigenvalue weighted by molar-refractivity contribution is 5.94. The van der Waals surface area contributed by atoms with Gasteiger partial charge in [0.1, 0.15) is 11.5 Å². The van der Waals surface area contributed by atoms with E-state index in [1.165, 1.54) is 0 Å². The van der Waals surface area contributed by atoms with Crippen LogP contribution in [0.3, 0.4) is 0 Å². The van der Waals surface area contributed by atoms with E-state index < -0.39 is 0 Å². The largest absolute Gasteiger partial charge is 0.497 e. The standard InChI is InChI=1S/C27H34N4O5/c1-34-21-7-4-20(5-8-21)28-27(33)23-15-19-3-6-22(35-2)16-24(19)31-10-9-29(17-25(23)31)18-26(32)30-11-13-36-14-12-30/h3-8,16,23,25H,9-15,17-18H2,1-2H3,(H,28,33). The maximum Gasteiger partial charge on any atom is 0.236 e. The van der Waals surface area contributed by atoms with Crippen LogP contribution in [0.5, 0.6) is 11.5 Å². The van der Waals surface area contributed by atoms with Crippen molar-refractivity contribution in [3.8, 4) is 11.5 Å². The van der Waals surface area contributed by atoms with E-state index in [0.717, 1.165) is 41.5 Å². The highest BCUT2D eigenvalue weighted by atomic mass is 16.5. The fourth-order valence-electron chi connectivity index (χ4n) is 5.42. The van der Waals surface area contributed by atoms with E-state index in [9.17, 15) is 9.59 Å². The quantitative estimate of drug-likeness (QED) is 0.656. The van der Waals surface area contributed by atoms with Crippen LogP contribution in [0.1, 0.15) is 5.56 Å². The molecule has 192 valence electrons. The van der Waals surface area contributed by atoms with Gasteiger partial charge >= 0.3 is 0 Å². The first-order valence-corrected chi connectivity index (χ1v) is 12.5. The van der Waals surface area contributed by atoms with Crippen molar-refractivity contribution >= 4 is 23.2 Å². The number of hydrogen-bond donors (Lipinski definition) is 1. The first-order chi connectivity index (χ1) is 17.6. The van der Waals surface area contributed by atoms with Crippen molar-refractivity contribution in [3.05, 3.63) is 48.0 Å². The summed E-state index contributed by atoms with van der Waals surface area (Å²) in [6.07, 6.45) is 0.633. The molecule has 1 N–H and O–H groups in total. The molecule has 3 aliphatic heterocycles. The molecular weight excluding hydrogens is 460 g/mol. The van der Waals surface area contributed by atoms with Crippen LogP contribution in [-0.4, -0.2) is 94.4 Å². The summed E-state index contributed by atoms with van der Waals surface area (Å²) in [5.41, 5.74) is 3.00. The van der Waals surface area contributed by atoms with Gasteiger partial charge in [0.05, 0.1) is 45.9 Å². The van der Waals surface area contributed by atoms with Crippen LogP contribution in [-0.2, 0) is 20.7 Å². The van der Waals surface area contributed by atoms with Crippen LogP contribution in [0, 0.1) is 5.92 Å². The van der Waals surface area contributed by atoms with Crippen LogP contribution < -0.4 is 19.7 Å². The number of carbonyl (C=O) groups excluding carboxylic acids is 2. The van der Waals surface area contributed by atoms with Crippen molar-refractivity contribution in [1.29, 1.82) is 0 Å². The minimum absolute atomic E-state index is 0.0157. The van der Waals surface area contributed by atoms with Crippen LogP contribution in [0.25, 0.3) is 0 Å². The zero-order chi connectivity index (χ0) is 25.1. The van der Waals surface area contributed by atoms with Crippen molar-refractivity contribution in [1.82, 2.24) is 9.80 Å². The second-order valence-electron chi connectivity index (χ2n) is 9.51. The molecule has 2 amide bonds. The van der Waals surface area contributed by atoms with E-state index in [1.54, 1.807) is 14.2 Å². The summed E-state index contributed by atoms with van der Waals surface area (Å²) in [4.78, 5) is 32.9. The molecule has 3 heterocycles. The van der Waals surface area contributed by atoms with Gasteiger partial charge in [-0.1, -0.05) is 6.07 Å². The van der Waals surface area contributed by atoms with E-state index in [0.29, 0.717) is 45.8 Å². The van der Waals surface area contributed by atoms with Crippen LogP contribution in [0.2, 0.25) is 0 Å². The lowest BCUT2D eigenvalue weighted by Gasteiger charge is -2.49. The fraction of sp³-hybridized carbons (Fsp3) is 0.481. The third kappa shape index (κ3) is 5.12. The third-order valence-electron chi connectivity index (χ3n) is 7.43. The molecule has 5 rings (SSSR count). The summed E-state index contributed by atoms with van der Waals surface area (Å²) >= 11 is 0. The maximum atomic E-state index is 13.6. The number of nitrogens with zero attached hydrogens (tertiary/aromatic N) is 3. The number of rotatable bonds is 6. The van der Waals surface area contributed by atoms with E-state index >= 15 is 0 Å². The summed E-state index contributed by atoms with van der Waals surface area (Å²) < 4.78 is 16.1. The second kappa shape index (κ2) is 10.8. The van der Waals surface area contributed by atoms with Crippen molar-refractivity contribution in [2.45, 2.75) is 12.5 Å². The number of morpholine rings is 1. The third-order valence-corrected chi connectivity index (χ3v) is 7.43. The zero-order valence-electron chi connectivity index (χ0n) is 20.9. The number of hydrogen-bond acceptors (Lipinski definition) is 7. The number of ether oxygens (including phenoxy) is 3. The molecule has 9 heteroatoms. The summed E-state index contributed by atoms with van der Waals surface area (Å²) in [7, 11) is 3.29. The Balaban J connectivity index is 1.36. The minimum atomic E-state index is -0.255. The zero-order valence-corrected chi connectivity index (χ0v) is 20.9. The molecule has 3 aliphatic rings. The average Bonchev–Trinajstić information content (AvgIpc) is 2.93. The van der Waals surface area contributed by atoms with Crippen LogP contribution in [0.15, 0.2) is 42.5 Å². The van der Waals surface area contributed by atoms with Gasteiger partial charge in [-0.2, -0.15) is 0 Å². The van der Waals surface area contributed by atoms with Gasteiger partial charge in [0, 0.05) is 50.2 Å². The molecule has 2 atom stereocenters. The molecule has 9 nitrogen and oxygen atoms in total. The predicted octanol–water partition coefficient (Wildman–Crippen LogP) is 1.86. The van der Waals surface area contributed by atoms with E-state index in [1.807, 2.05) is 35.2 Å². The van der Waals surface area contributed by atoms with Gasteiger partial charge in [0.2, 0.25) is 11.8 Å². The fourth-order valence-corrected chi connectivity index (χ4v) is 5.42. The van der Waals surface area contributed by atoms with Crippen LogP contribution >= 0.6 is 0 Å². The highest BCUT2D eigenvalue weighted by Gasteiger charge is 2.42. The monoisotopic (exact) mass is 494 g/mol. The number of fused-ring (bicyclic) bond motifs is 3. The van der Waals surface area contributed by atoms with Crippen molar-refractivity contribution in [2.24, 2.45) is 5.92 Å². The Morgan fingerprint density at radius 3 is 2.42 bits per heavy atom. The SMILES string of the molecule is COc1ccc(NC(=O)C2Cc3ccc(OC)cc3N3CCN(CC(=O)N4CCOCC4)CC23)cc1. The molecule has 2 fully saturated rings. The Labute approximate surface area is 211 Å². The molecule has 0 aliphatic carbocycles. The number of nitrogens with one attached hydrogen (secondary N) is 1. The van der Waals surface area contributed by atoms with Crippen molar-refractivity contribution in [2.75, 3.05) is 76.9 Å². The summed E-state index contributed by atoms with van der Waals surface area (Å²) in [5.74, 6) is 1.40. The number of anilines is 2. The molecule has 2 unspecified atom stereocenters. The van der Waals surface area contributed by atoms with Gasteiger partial charge in [-0.05, 0) is 42.3 Å². The summed E-state index contributed by atoms with van der Waals surface area (Å²) in [5, 5.41) is 3.10. The number of benzene rings is 2. The Morgan fingerprint density at radius 2 is 1.69 bits per heavy atom. The average molecular weight is 495 g/mol. The molecule has 2 aromatic rings. The lowest BCUT2D eigenvalue weighted by molar-refractivity contribution is -0.136. The normalized spacial score (nSPS) is 21.8. The van der Waals surface area contributed by atoms with Gasteiger partial charge < -0.3 is 29.3 Å². The minimum Gasteiger partial charge on any atom is -0.497 e. The highest BCUT2D eigenvalue weighted by Crippen LogP contribution is 2.38. The van der Waals surface area contributed by atoms with Crippen LogP contribution in [0.4, 0.5) is 11.4 Å². The van der Waals surface area contributed by atoms with E-state index in [4.69, 9.17) is 14.2 Å². The summed E-state index contributed by atoms with van der Waals surface area (Å²) in [6, 6.07) is 13.4. The topological polar surface area (TPSA) is 83.6 Å². The molecule has 2 aromatic carbocycles. The first kappa shape index (κ1) is 24.4. The van der Waals surface area contributed by atoms with Gasteiger partial charge in [-0.15, -0.1) is 0 Å². The van der Waals surface area contributed by atoms with Gasteiger partial charge in [-0.25, -0.2) is 0 Å².